The lowest BCUT2D eigenvalue weighted by molar-refractivity contribution is -0.137. The van der Waals surface area contributed by atoms with E-state index in [1.165, 1.54) is 71.3 Å². The standard InChI is InChI=1S/C24H38O4.C20H14O4.C12H24O2.C10H10O4/c1-5-9-12-19(7-3)17-27-23(25)21-14-11-15-22(16-21)24(26)28-18-20(8-4)13-10-6-2;21-19(23-17-10-3-1-4-11-17)15-8-7-9-16(14-15)20(22)24-18-12-5-2-6-13-18;1-2-3-4-5-6-7-8-9-10-11-12(13)14;1-13-9(11)7-4-3-5-8(6-7)10(12)14-2/h11,14-16,19-20H,5-10,12-13,17-18H2,1-4H3;1-14H;2-11H2,1H3,(H,13,14);3-6H,1-2H3. The molecule has 14 heteroatoms. The van der Waals surface area contributed by atoms with Crippen LogP contribution in [0.2, 0.25) is 0 Å². The van der Waals surface area contributed by atoms with Gasteiger partial charge in [-0.25, -0.2) is 28.8 Å². The maximum Gasteiger partial charge on any atom is 0.343 e. The maximum atomic E-state index is 12.4. The number of rotatable bonds is 30. The lowest BCUT2D eigenvalue weighted by Crippen LogP contribution is -2.16. The van der Waals surface area contributed by atoms with Crippen LogP contribution in [-0.2, 0) is 23.7 Å². The number of ether oxygens (including phenoxy) is 6. The van der Waals surface area contributed by atoms with E-state index in [-0.39, 0.29) is 23.1 Å². The molecular formula is C66H86O14. The lowest BCUT2D eigenvalue weighted by atomic mass is 10.0. The van der Waals surface area contributed by atoms with E-state index in [4.69, 9.17) is 24.1 Å². The molecule has 0 aliphatic heterocycles. The molecule has 5 aromatic rings. The van der Waals surface area contributed by atoms with E-state index in [2.05, 4.69) is 44.1 Å². The van der Waals surface area contributed by atoms with Crippen molar-refractivity contribution in [2.75, 3.05) is 27.4 Å². The molecule has 0 bridgehead atoms. The van der Waals surface area contributed by atoms with Gasteiger partial charge in [0.15, 0.2) is 0 Å². The summed E-state index contributed by atoms with van der Waals surface area (Å²) >= 11 is 0. The number of carboxylic acid groups (broad SMARTS) is 1. The highest BCUT2D eigenvalue weighted by Gasteiger charge is 2.18. The molecule has 2 atom stereocenters. The second-order valence-electron chi connectivity index (χ2n) is 19.1. The zero-order valence-electron chi connectivity index (χ0n) is 48.3. The summed E-state index contributed by atoms with van der Waals surface area (Å²) in [4.78, 5) is 81.5. The fourth-order valence-electron chi connectivity index (χ4n) is 7.80. The molecule has 0 heterocycles. The van der Waals surface area contributed by atoms with E-state index in [0.717, 1.165) is 64.2 Å². The highest BCUT2D eigenvalue weighted by molar-refractivity contribution is 5.97. The van der Waals surface area contributed by atoms with Crippen molar-refractivity contribution < 1.29 is 67.1 Å². The van der Waals surface area contributed by atoms with Gasteiger partial charge in [0.25, 0.3) is 0 Å². The van der Waals surface area contributed by atoms with Gasteiger partial charge in [0.1, 0.15) is 11.5 Å². The van der Waals surface area contributed by atoms with Crippen molar-refractivity contribution in [1.29, 1.82) is 0 Å². The zero-order chi connectivity index (χ0) is 58.8. The molecule has 2 unspecified atom stereocenters. The first kappa shape index (κ1) is 68.5. The zero-order valence-corrected chi connectivity index (χ0v) is 48.3. The number of benzene rings is 5. The molecule has 14 nitrogen and oxygen atoms in total. The van der Waals surface area contributed by atoms with Gasteiger partial charge < -0.3 is 33.5 Å². The van der Waals surface area contributed by atoms with E-state index in [1.807, 2.05) is 12.1 Å². The number of carbonyl (C=O) groups excluding carboxylic acids is 6. The van der Waals surface area contributed by atoms with Gasteiger partial charge in [0.2, 0.25) is 0 Å². The predicted octanol–water partition coefficient (Wildman–Crippen LogP) is 15.8. The van der Waals surface area contributed by atoms with Crippen molar-refractivity contribution in [1.82, 2.24) is 0 Å². The van der Waals surface area contributed by atoms with Crippen LogP contribution in [0.5, 0.6) is 11.5 Å². The molecule has 0 spiro atoms. The van der Waals surface area contributed by atoms with Crippen LogP contribution >= 0.6 is 0 Å². The second-order valence-corrected chi connectivity index (χ2v) is 19.1. The van der Waals surface area contributed by atoms with Crippen LogP contribution in [0.25, 0.3) is 0 Å². The smallest absolute Gasteiger partial charge is 0.343 e. The Hall–Kier alpha value is -7.61. The van der Waals surface area contributed by atoms with Crippen LogP contribution < -0.4 is 9.47 Å². The topological polar surface area (TPSA) is 195 Å². The summed E-state index contributed by atoms with van der Waals surface area (Å²) in [6.45, 7) is 11.7. The SMILES string of the molecule is CCCCC(CC)COC(=O)c1cccc(C(=O)OCC(CC)CCCC)c1.CCCCCCCCCCCC(=O)O.COC(=O)c1cccc(C(=O)OC)c1.O=C(Oc1ccccc1)c1cccc(C(=O)Oc2ccccc2)c1. The summed E-state index contributed by atoms with van der Waals surface area (Å²) in [6.07, 6.45) is 20.2. The van der Waals surface area contributed by atoms with Crippen LogP contribution in [-0.4, -0.2) is 74.3 Å². The molecule has 0 aliphatic rings. The molecule has 0 radical (unpaired) electrons. The number of hydrogen-bond acceptors (Lipinski definition) is 13. The number of carbonyl (C=O) groups is 7. The number of methoxy groups -OCH3 is 2. The first-order chi connectivity index (χ1) is 38.7. The molecule has 0 aliphatic carbocycles. The normalized spacial score (nSPS) is 11.0. The van der Waals surface area contributed by atoms with Crippen LogP contribution in [0.15, 0.2) is 133 Å². The summed E-state index contributed by atoms with van der Waals surface area (Å²) in [7, 11) is 2.57. The Morgan fingerprint density at radius 2 is 0.688 bits per heavy atom. The molecule has 5 rings (SSSR count). The van der Waals surface area contributed by atoms with Crippen molar-refractivity contribution in [3.63, 3.8) is 0 Å². The van der Waals surface area contributed by atoms with Crippen LogP contribution in [0, 0.1) is 11.8 Å². The Bertz CT molecular complexity index is 2410. The molecule has 0 aromatic heterocycles. The molecule has 80 heavy (non-hydrogen) atoms. The molecular weight excluding hydrogens is 1020 g/mol. The number of esters is 6. The van der Waals surface area contributed by atoms with E-state index >= 15 is 0 Å². The van der Waals surface area contributed by atoms with E-state index in [9.17, 15) is 33.6 Å². The van der Waals surface area contributed by atoms with Crippen molar-refractivity contribution in [2.24, 2.45) is 11.8 Å². The average Bonchev–Trinajstić information content (AvgIpc) is 3.49. The fraction of sp³-hybridized carbons (Fsp3) is 0.439. The molecule has 0 saturated heterocycles. The largest absolute Gasteiger partial charge is 0.481 e. The van der Waals surface area contributed by atoms with Crippen LogP contribution in [0.4, 0.5) is 0 Å². The summed E-state index contributed by atoms with van der Waals surface area (Å²) in [5.41, 5.74) is 2.02. The van der Waals surface area contributed by atoms with Gasteiger partial charge in [-0.2, -0.15) is 0 Å². The van der Waals surface area contributed by atoms with E-state index < -0.39 is 29.8 Å². The average molecular weight is 1100 g/mol. The monoisotopic (exact) mass is 1100 g/mol. The molecule has 0 saturated carbocycles. The summed E-state index contributed by atoms with van der Waals surface area (Å²) < 4.78 is 30.5. The van der Waals surface area contributed by atoms with Gasteiger partial charge in [-0.1, -0.05) is 179 Å². The third-order valence-corrected chi connectivity index (χ3v) is 12.8. The third-order valence-electron chi connectivity index (χ3n) is 12.8. The van der Waals surface area contributed by atoms with Crippen molar-refractivity contribution >= 4 is 41.8 Å². The van der Waals surface area contributed by atoms with Gasteiger partial charge in [0, 0.05) is 6.42 Å². The minimum atomic E-state index is -0.659. The quantitative estimate of drug-likeness (QED) is 0.0197. The molecule has 0 amide bonds. The Morgan fingerprint density at radius 1 is 0.375 bits per heavy atom. The number of unbranched alkanes of at least 4 members (excludes halogenated alkanes) is 10. The molecule has 5 aromatic carbocycles. The minimum absolute atomic E-state index is 0.279. The first-order valence-electron chi connectivity index (χ1n) is 28.3. The second kappa shape index (κ2) is 42.4. The Balaban J connectivity index is 0.000000381. The van der Waals surface area contributed by atoms with Crippen molar-refractivity contribution in [2.45, 2.75) is 150 Å². The molecule has 0 fully saturated rings. The predicted molar refractivity (Wildman–Crippen MR) is 311 cm³/mol. The highest BCUT2D eigenvalue weighted by atomic mass is 16.6. The molecule has 1 N–H and O–H groups in total. The summed E-state index contributed by atoms with van der Waals surface area (Å²) in [6, 6.07) is 36.6. The highest BCUT2D eigenvalue weighted by Crippen LogP contribution is 2.19. The Morgan fingerprint density at radius 3 is 1.00 bits per heavy atom. The number of para-hydroxylation sites is 2. The fourth-order valence-corrected chi connectivity index (χ4v) is 7.80. The lowest BCUT2D eigenvalue weighted by Gasteiger charge is -2.15. The van der Waals surface area contributed by atoms with E-state index in [0.29, 0.717) is 65.2 Å². The van der Waals surface area contributed by atoms with Gasteiger partial charge >= 0.3 is 41.8 Å². The Kier molecular flexibility index (Phi) is 36.3. The first-order valence-corrected chi connectivity index (χ1v) is 28.3. The number of aliphatic carboxylic acids is 1. The summed E-state index contributed by atoms with van der Waals surface area (Å²) in [5.74, 6) is -1.75. The van der Waals surface area contributed by atoms with Crippen molar-refractivity contribution in [3.05, 3.63) is 167 Å². The van der Waals surface area contributed by atoms with E-state index in [1.54, 1.807) is 109 Å². The van der Waals surface area contributed by atoms with Crippen LogP contribution in [0.1, 0.15) is 212 Å². The number of hydrogen-bond donors (Lipinski definition) is 1. The van der Waals surface area contributed by atoms with Crippen molar-refractivity contribution in [3.8, 4) is 11.5 Å². The Labute approximate surface area is 474 Å². The van der Waals surface area contributed by atoms with Gasteiger partial charge in [-0.05, 0) is 110 Å². The van der Waals surface area contributed by atoms with Crippen LogP contribution in [0.3, 0.4) is 0 Å². The third kappa shape index (κ3) is 29.4. The maximum absolute atomic E-state index is 12.4. The van der Waals surface area contributed by atoms with Gasteiger partial charge in [-0.15, -0.1) is 0 Å². The minimum Gasteiger partial charge on any atom is -0.481 e. The summed E-state index contributed by atoms with van der Waals surface area (Å²) in [5, 5.41) is 8.41. The van der Waals surface area contributed by atoms with Gasteiger partial charge in [-0.3, -0.25) is 4.79 Å². The van der Waals surface area contributed by atoms with Gasteiger partial charge in [0.05, 0.1) is 60.8 Å². The molecule has 434 valence electrons. The number of carboxylic acids is 1.